The number of phosphoric acid groups is 1. The van der Waals surface area contributed by atoms with Gasteiger partial charge in [-0.1, -0.05) is 51.2 Å². The van der Waals surface area contributed by atoms with Crippen LogP contribution in [0.4, 0.5) is 0 Å². The smallest absolute Gasteiger partial charge is 0.469 e. The van der Waals surface area contributed by atoms with Gasteiger partial charge in [0, 0.05) is 19.5 Å². The van der Waals surface area contributed by atoms with Crippen molar-refractivity contribution in [2.24, 2.45) is 0 Å². The third-order valence-corrected chi connectivity index (χ3v) is 5.83. The van der Waals surface area contributed by atoms with E-state index in [9.17, 15) is 9.36 Å². The highest BCUT2D eigenvalue weighted by atomic mass is 31.2. The van der Waals surface area contributed by atoms with E-state index in [0.717, 1.165) is 38.0 Å². The summed E-state index contributed by atoms with van der Waals surface area (Å²) in [6.07, 6.45) is 9.95. The van der Waals surface area contributed by atoms with Gasteiger partial charge < -0.3 is 25.6 Å². The van der Waals surface area contributed by atoms with Crippen LogP contribution in [0, 0.1) is 0 Å². The summed E-state index contributed by atoms with van der Waals surface area (Å²) in [5.41, 5.74) is 1.21. The van der Waals surface area contributed by atoms with Crippen LogP contribution in [0.5, 0.6) is 5.75 Å². The van der Waals surface area contributed by atoms with E-state index in [-0.39, 0.29) is 25.1 Å². The average molecular weight is 459 g/mol. The van der Waals surface area contributed by atoms with Gasteiger partial charge in [-0.05, 0) is 43.4 Å². The minimum absolute atomic E-state index is 0. The lowest BCUT2D eigenvalue weighted by atomic mass is 10.1. The zero-order valence-electron chi connectivity index (χ0n) is 18.7. The first-order chi connectivity index (χ1) is 14.4. The van der Waals surface area contributed by atoms with Crippen LogP contribution in [0.25, 0.3) is 0 Å². The number of ether oxygens (including phenoxy) is 1. The number of hydrogen-bond donors (Lipinski definition) is 3. The first-order valence-corrected chi connectivity index (χ1v) is 12.6. The van der Waals surface area contributed by atoms with E-state index < -0.39 is 13.9 Å². The molecule has 2 rings (SSSR count). The molecule has 0 aliphatic carbocycles. The van der Waals surface area contributed by atoms with Crippen LogP contribution >= 0.6 is 7.82 Å². The van der Waals surface area contributed by atoms with Gasteiger partial charge in [-0.25, -0.2) is 4.57 Å². The second kappa shape index (κ2) is 14.6. The molecule has 1 aromatic rings. The van der Waals surface area contributed by atoms with E-state index in [0.29, 0.717) is 6.42 Å². The van der Waals surface area contributed by atoms with Gasteiger partial charge in [0.15, 0.2) is 0 Å². The van der Waals surface area contributed by atoms with Crippen molar-refractivity contribution in [2.45, 2.75) is 77.2 Å². The Balaban J connectivity index is 0.00000480. The maximum atomic E-state index is 12.1. The summed E-state index contributed by atoms with van der Waals surface area (Å²) in [6.45, 7) is 3.49. The summed E-state index contributed by atoms with van der Waals surface area (Å²) >= 11 is 0. The van der Waals surface area contributed by atoms with E-state index in [4.69, 9.17) is 14.5 Å². The second-order valence-electron chi connectivity index (χ2n) is 7.99. The number of amides is 1. The number of carbonyl (C=O) groups is 1. The maximum Gasteiger partial charge on any atom is 0.469 e. The Morgan fingerprint density at radius 3 is 2.52 bits per heavy atom. The van der Waals surface area contributed by atoms with Crippen molar-refractivity contribution in [1.82, 2.24) is 11.1 Å². The predicted octanol–water partition coefficient (Wildman–Crippen LogP) is 4.62. The summed E-state index contributed by atoms with van der Waals surface area (Å²) in [5, 5.41) is 0. The summed E-state index contributed by atoms with van der Waals surface area (Å²) in [4.78, 5) is 31.2. The molecule has 0 aromatic heterocycles. The van der Waals surface area contributed by atoms with Gasteiger partial charge in [0.05, 0.1) is 6.61 Å². The zero-order chi connectivity index (χ0) is 21.8. The zero-order valence-corrected chi connectivity index (χ0v) is 19.6. The number of nitrogens with zero attached hydrogens (tertiary/aromatic N) is 1. The third kappa shape index (κ3) is 11.7. The van der Waals surface area contributed by atoms with Gasteiger partial charge in [-0.2, -0.15) is 0 Å². The van der Waals surface area contributed by atoms with Crippen LogP contribution in [0.15, 0.2) is 24.3 Å². The lowest BCUT2D eigenvalue weighted by Gasteiger charge is -2.38. The van der Waals surface area contributed by atoms with Crippen molar-refractivity contribution < 1.29 is 28.4 Å². The Bertz CT molecular complexity index is 690. The standard InChI is InChI=1S/C22H36NO6P.H3N/c1-2-3-4-5-6-9-15-28-20-13-10-12-19(16-20)11-7-8-14-22(24)23-17-21(18-23)29-30(25,26)27;/h10,12-13,16,21H,2-9,11,14-15,17-18H2,1H3,(H2,25,26,27);1H3. The Hall–Kier alpha value is -1.44. The van der Waals surface area contributed by atoms with E-state index in [1.165, 1.54) is 37.7 Å². The lowest BCUT2D eigenvalue weighted by Crippen LogP contribution is -2.54. The third-order valence-electron chi connectivity index (χ3n) is 5.26. The van der Waals surface area contributed by atoms with E-state index in [2.05, 4.69) is 23.6 Å². The largest absolute Gasteiger partial charge is 0.494 e. The van der Waals surface area contributed by atoms with Crippen LogP contribution in [0.3, 0.4) is 0 Å². The average Bonchev–Trinajstić information content (AvgIpc) is 2.66. The minimum atomic E-state index is -4.47. The van der Waals surface area contributed by atoms with Gasteiger partial charge in [0.2, 0.25) is 5.91 Å². The fraction of sp³-hybridized carbons (Fsp3) is 0.682. The highest BCUT2D eigenvalue weighted by Crippen LogP contribution is 2.39. The molecule has 1 fully saturated rings. The summed E-state index contributed by atoms with van der Waals surface area (Å²) in [5.74, 6) is 0.922. The number of rotatable bonds is 15. The number of hydrogen-bond acceptors (Lipinski definition) is 5. The van der Waals surface area contributed by atoms with Crippen LogP contribution in [0.2, 0.25) is 0 Å². The fourth-order valence-corrected chi connectivity index (χ4v) is 4.05. The first-order valence-electron chi connectivity index (χ1n) is 11.1. The molecule has 31 heavy (non-hydrogen) atoms. The Morgan fingerprint density at radius 2 is 1.81 bits per heavy atom. The van der Waals surface area contributed by atoms with Gasteiger partial charge in [-0.15, -0.1) is 0 Å². The molecular weight excluding hydrogens is 419 g/mol. The number of phosphoric ester groups is 1. The van der Waals surface area contributed by atoms with Crippen molar-refractivity contribution in [3.05, 3.63) is 29.8 Å². The van der Waals surface area contributed by atoms with Crippen LogP contribution in [0.1, 0.15) is 70.3 Å². The Kier molecular flexibility index (Phi) is 13.0. The molecule has 1 aliphatic rings. The molecule has 0 unspecified atom stereocenters. The monoisotopic (exact) mass is 458 g/mol. The van der Waals surface area contributed by atoms with E-state index >= 15 is 0 Å². The molecule has 1 aliphatic heterocycles. The molecule has 0 radical (unpaired) electrons. The number of benzene rings is 1. The molecule has 9 heteroatoms. The molecule has 5 N–H and O–H groups in total. The van der Waals surface area contributed by atoms with Crippen molar-refractivity contribution in [3.63, 3.8) is 0 Å². The van der Waals surface area contributed by atoms with Gasteiger partial charge >= 0.3 is 7.82 Å². The summed E-state index contributed by atoms with van der Waals surface area (Å²) < 4.78 is 21.2. The van der Waals surface area contributed by atoms with Crippen molar-refractivity contribution in [1.29, 1.82) is 0 Å². The van der Waals surface area contributed by atoms with Crippen LogP contribution in [-0.4, -0.2) is 46.4 Å². The quantitative estimate of drug-likeness (QED) is 0.258. The molecule has 8 nitrogen and oxygen atoms in total. The minimum Gasteiger partial charge on any atom is -0.494 e. The molecule has 1 saturated heterocycles. The van der Waals surface area contributed by atoms with Crippen molar-refractivity contribution in [2.75, 3.05) is 19.7 Å². The Labute approximate surface area is 186 Å². The number of aryl methyl sites for hydroxylation is 1. The van der Waals surface area contributed by atoms with Gasteiger partial charge in [-0.3, -0.25) is 9.32 Å². The van der Waals surface area contributed by atoms with Crippen molar-refractivity contribution in [3.8, 4) is 5.75 Å². The van der Waals surface area contributed by atoms with Gasteiger partial charge in [0.25, 0.3) is 0 Å². The molecular formula is C22H39N2O6P. The molecule has 0 saturated carbocycles. The number of likely N-dealkylation sites (tertiary alicyclic amines) is 1. The highest BCUT2D eigenvalue weighted by Gasteiger charge is 2.35. The first kappa shape index (κ1) is 27.6. The fourth-order valence-electron chi connectivity index (χ4n) is 3.53. The summed E-state index contributed by atoms with van der Waals surface area (Å²) in [6, 6.07) is 8.17. The molecule has 1 aromatic carbocycles. The van der Waals surface area contributed by atoms with E-state index in [1.807, 2.05) is 12.1 Å². The SMILES string of the molecule is CCCCCCCCOc1cccc(CCCCC(=O)N2CC(OP(=O)(O)O)C2)c1.N. The summed E-state index contributed by atoms with van der Waals surface area (Å²) in [7, 11) is -4.47. The van der Waals surface area contributed by atoms with Crippen LogP contribution < -0.4 is 10.9 Å². The molecule has 1 heterocycles. The second-order valence-corrected chi connectivity index (χ2v) is 9.18. The molecule has 0 bridgehead atoms. The Morgan fingerprint density at radius 1 is 1.10 bits per heavy atom. The van der Waals surface area contributed by atoms with Crippen molar-refractivity contribution >= 4 is 13.7 Å². The van der Waals surface area contributed by atoms with E-state index in [1.54, 1.807) is 4.90 Å². The van der Waals surface area contributed by atoms with Gasteiger partial charge in [0.1, 0.15) is 11.9 Å². The number of carbonyl (C=O) groups excluding carboxylic acids is 1. The molecule has 1 amide bonds. The normalized spacial score (nSPS) is 14.1. The maximum absolute atomic E-state index is 12.1. The lowest BCUT2D eigenvalue weighted by molar-refractivity contribution is -0.140. The topological polar surface area (TPSA) is 131 Å². The van der Waals surface area contributed by atoms with Crippen LogP contribution in [-0.2, 0) is 20.3 Å². The molecule has 0 spiro atoms. The number of unbranched alkanes of at least 4 members (excludes halogenated alkanes) is 6. The predicted molar refractivity (Wildman–Crippen MR) is 121 cm³/mol. The molecule has 178 valence electrons. The molecule has 0 atom stereocenters. The highest BCUT2D eigenvalue weighted by molar-refractivity contribution is 7.46.